The molecule has 104 valence electrons. The Balaban J connectivity index is 2.35. The van der Waals surface area contributed by atoms with Crippen molar-refractivity contribution in [1.82, 2.24) is 0 Å². The number of ether oxygens (including phenoxy) is 1. The molecule has 2 aromatic rings. The number of Topliss-reactive ketones (excluding diaryl/α,β-unsaturated/α-hetero) is 1. The van der Waals surface area contributed by atoms with Crippen molar-refractivity contribution in [3.8, 4) is 11.8 Å². The lowest BCUT2D eigenvalue weighted by Gasteiger charge is -2.03. The smallest absolute Gasteiger partial charge is 0.203 e. The van der Waals surface area contributed by atoms with Crippen LogP contribution in [0.1, 0.15) is 15.9 Å². The number of ketones is 1. The normalized spacial score (nSPS) is 10.8. The van der Waals surface area contributed by atoms with E-state index in [0.29, 0.717) is 21.9 Å². The highest BCUT2D eigenvalue weighted by atomic mass is 35.5. The highest BCUT2D eigenvalue weighted by molar-refractivity contribution is 6.32. The Kier molecular flexibility index (Phi) is 4.76. The largest absolute Gasteiger partial charge is 0.497 e. The summed E-state index contributed by atoms with van der Waals surface area (Å²) >= 11 is 6.03. The number of carbonyl (C=O) groups excluding carboxylic acids is 1. The third-order valence-corrected chi connectivity index (χ3v) is 3.27. The van der Waals surface area contributed by atoms with E-state index in [0.717, 1.165) is 0 Å². The molecule has 0 aliphatic heterocycles. The molecule has 0 amide bonds. The van der Waals surface area contributed by atoms with E-state index in [1.165, 1.54) is 6.08 Å². The second-order valence-electron chi connectivity index (χ2n) is 4.25. The molecule has 0 bridgehead atoms. The summed E-state index contributed by atoms with van der Waals surface area (Å²) in [6.45, 7) is 0. The van der Waals surface area contributed by atoms with Crippen molar-refractivity contribution in [2.45, 2.75) is 0 Å². The van der Waals surface area contributed by atoms with E-state index in [1.807, 2.05) is 6.07 Å². The van der Waals surface area contributed by atoms with Crippen LogP contribution in [-0.2, 0) is 0 Å². The summed E-state index contributed by atoms with van der Waals surface area (Å²) in [4.78, 5) is 12.3. The van der Waals surface area contributed by atoms with Crippen LogP contribution in [-0.4, -0.2) is 12.9 Å². The van der Waals surface area contributed by atoms with Gasteiger partial charge in [0.15, 0.2) is 0 Å². The Morgan fingerprint density at radius 2 is 1.86 bits per heavy atom. The number of halogens is 1. The maximum Gasteiger partial charge on any atom is 0.203 e. The first-order chi connectivity index (χ1) is 10.2. The zero-order valence-corrected chi connectivity index (χ0v) is 12.1. The number of nitriles is 1. The van der Waals surface area contributed by atoms with Gasteiger partial charge >= 0.3 is 0 Å². The zero-order valence-electron chi connectivity index (χ0n) is 11.3. The van der Waals surface area contributed by atoms with Crippen LogP contribution < -0.4 is 4.74 Å². The van der Waals surface area contributed by atoms with E-state index in [-0.39, 0.29) is 11.4 Å². The van der Waals surface area contributed by atoms with Crippen molar-refractivity contribution in [2.75, 3.05) is 7.11 Å². The SMILES string of the molecule is COc1ccc(C(=O)/C(C#N)=C/c2ccccc2Cl)cc1. The lowest BCUT2D eigenvalue weighted by atomic mass is 10.0. The molecular weight excluding hydrogens is 286 g/mol. The Morgan fingerprint density at radius 3 is 2.43 bits per heavy atom. The van der Waals surface area contributed by atoms with Crippen molar-refractivity contribution in [3.63, 3.8) is 0 Å². The Labute approximate surface area is 128 Å². The summed E-state index contributed by atoms with van der Waals surface area (Å²) in [5.41, 5.74) is 1.10. The summed E-state index contributed by atoms with van der Waals surface area (Å²) in [6, 6.07) is 15.6. The van der Waals surface area contributed by atoms with Crippen molar-refractivity contribution < 1.29 is 9.53 Å². The van der Waals surface area contributed by atoms with Gasteiger partial charge in [0, 0.05) is 10.6 Å². The molecule has 0 saturated carbocycles. The molecule has 2 aromatic carbocycles. The number of hydrogen-bond donors (Lipinski definition) is 0. The van der Waals surface area contributed by atoms with Crippen LogP contribution in [0.5, 0.6) is 5.75 Å². The van der Waals surface area contributed by atoms with Gasteiger partial charge in [-0.15, -0.1) is 0 Å². The lowest BCUT2D eigenvalue weighted by molar-refractivity contribution is 0.104. The van der Waals surface area contributed by atoms with Crippen molar-refractivity contribution in [3.05, 3.63) is 70.3 Å². The third-order valence-electron chi connectivity index (χ3n) is 2.92. The van der Waals surface area contributed by atoms with Gasteiger partial charge < -0.3 is 4.74 Å². The molecule has 2 rings (SSSR count). The molecule has 3 nitrogen and oxygen atoms in total. The molecule has 0 saturated heterocycles. The van der Waals surface area contributed by atoms with E-state index in [4.69, 9.17) is 16.3 Å². The predicted molar refractivity (Wildman–Crippen MR) is 82.4 cm³/mol. The monoisotopic (exact) mass is 297 g/mol. The summed E-state index contributed by atoms with van der Waals surface area (Å²) in [5.74, 6) is 0.306. The van der Waals surface area contributed by atoms with Gasteiger partial charge in [-0.1, -0.05) is 29.8 Å². The van der Waals surface area contributed by atoms with Crippen LogP contribution in [0.4, 0.5) is 0 Å². The molecule has 0 radical (unpaired) electrons. The number of hydrogen-bond acceptors (Lipinski definition) is 3. The fourth-order valence-electron chi connectivity index (χ4n) is 1.79. The molecule has 0 unspecified atom stereocenters. The van der Waals surface area contributed by atoms with Crippen LogP contribution in [0.3, 0.4) is 0 Å². The molecule has 0 heterocycles. The molecule has 0 atom stereocenters. The van der Waals surface area contributed by atoms with Gasteiger partial charge in [-0.25, -0.2) is 0 Å². The minimum atomic E-state index is -0.347. The van der Waals surface area contributed by atoms with Gasteiger partial charge in [-0.2, -0.15) is 5.26 Å². The number of methoxy groups -OCH3 is 1. The second kappa shape index (κ2) is 6.74. The van der Waals surface area contributed by atoms with Gasteiger partial charge in [-0.05, 0) is 42.0 Å². The zero-order chi connectivity index (χ0) is 15.2. The highest BCUT2D eigenvalue weighted by Gasteiger charge is 2.12. The van der Waals surface area contributed by atoms with E-state index in [9.17, 15) is 10.1 Å². The molecule has 0 aliphatic rings. The number of allylic oxidation sites excluding steroid dienone is 1. The van der Waals surface area contributed by atoms with Crippen LogP contribution in [0.15, 0.2) is 54.1 Å². The number of nitrogens with zero attached hydrogens (tertiary/aromatic N) is 1. The van der Waals surface area contributed by atoms with E-state index in [2.05, 4.69) is 0 Å². The van der Waals surface area contributed by atoms with Crippen LogP contribution in [0.2, 0.25) is 5.02 Å². The van der Waals surface area contributed by atoms with Gasteiger partial charge in [-0.3, -0.25) is 4.79 Å². The summed E-state index contributed by atoms with van der Waals surface area (Å²) < 4.78 is 5.04. The Morgan fingerprint density at radius 1 is 1.19 bits per heavy atom. The molecule has 0 fully saturated rings. The van der Waals surface area contributed by atoms with Crippen molar-refractivity contribution >= 4 is 23.5 Å². The fraction of sp³-hybridized carbons (Fsp3) is 0.0588. The maximum absolute atomic E-state index is 12.3. The maximum atomic E-state index is 12.3. The number of carbonyl (C=O) groups is 1. The molecule has 4 heteroatoms. The number of rotatable bonds is 4. The molecule has 0 aliphatic carbocycles. The Hall–Kier alpha value is -2.57. The quantitative estimate of drug-likeness (QED) is 0.484. The Bertz CT molecular complexity index is 727. The number of benzene rings is 2. The third kappa shape index (κ3) is 3.50. The van der Waals surface area contributed by atoms with Gasteiger partial charge in [0.1, 0.15) is 17.4 Å². The summed E-state index contributed by atoms with van der Waals surface area (Å²) in [5, 5.41) is 9.70. The first-order valence-corrected chi connectivity index (χ1v) is 6.58. The van der Waals surface area contributed by atoms with Gasteiger partial charge in [0.2, 0.25) is 5.78 Å². The van der Waals surface area contributed by atoms with Crippen LogP contribution in [0.25, 0.3) is 6.08 Å². The van der Waals surface area contributed by atoms with Crippen LogP contribution in [0, 0.1) is 11.3 Å². The minimum Gasteiger partial charge on any atom is -0.497 e. The molecule has 0 N–H and O–H groups in total. The highest BCUT2D eigenvalue weighted by Crippen LogP contribution is 2.20. The fourth-order valence-corrected chi connectivity index (χ4v) is 1.98. The average molecular weight is 298 g/mol. The average Bonchev–Trinajstić information content (AvgIpc) is 2.53. The molecular formula is C17H12ClNO2. The predicted octanol–water partition coefficient (Wildman–Crippen LogP) is 4.14. The van der Waals surface area contributed by atoms with E-state index in [1.54, 1.807) is 55.6 Å². The standard InChI is InChI=1S/C17H12ClNO2/c1-21-15-8-6-12(7-9-15)17(20)14(11-19)10-13-4-2-3-5-16(13)18/h2-10H,1H3/b14-10+. The molecule has 21 heavy (non-hydrogen) atoms. The first kappa shape index (κ1) is 14.8. The first-order valence-electron chi connectivity index (χ1n) is 6.21. The second-order valence-corrected chi connectivity index (χ2v) is 4.66. The van der Waals surface area contributed by atoms with E-state index < -0.39 is 0 Å². The van der Waals surface area contributed by atoms with Gasteiger partial charge in [0.05, 0.1) is 7.11 Å². The van der Waals surface area contributed by atoms with E-state index >= 15 is 0 Å². The van der Waals surface area contributed by atoms with Crippen LogP contribution >= 0.6 is 11.6 Å². The minimum absolute atomic E-state index is 0.0354. The topological polar surface area (TPSA) is 50.1 Å². The van der Waals surface area contributed by atoms with Crippen molar-refractivity contribution in [2.24, 2.45) is 0 Å². The van der Waals surface area contributed by atoms with Crippen molar-refractivity contribution in [1.29, 1.82) is 5.26 Å². The summed E-state index contributed by atoms with van der Waals surface area (Å²) in [7, 11) is 1.55. The lowest BCUT2D eigenvalue weighted by Crippen LogP contribution is -2.02. The van der Waals surface area contributed by atoms with Gasteiger partial charge in [0.25, 0.3) is 0 Å². The molecule has 0 aromatic heterocycles. The summed E-state index contributed by atoms with van der Waals surface area (Å²) in [6.07, 6.45) is 1.49. The molecule has 0 spiro atoms.